The van der Waals surface area contributed by atoms with Crippen LogP contribution in [0.4, 0.5) is 11.4 Å². The molecule has 84 valence electrons. The topological polar surface area (TPSA) is 86.2 Å². The van der Waals surface area contributed by atoms with E-state index in [9.17, 15) is 9.59 Å². The van der Waals surface area contributed by atoms with Crippen molar-refractivity contribution in [2.75, 3.05) is 11.5 Å². The molecule has 0 aliphatic carbocycles. The third kappa shape index (κ3) is 1.42. The van der Waals surface area contributed by atoms with Crippen LogP contribution in [0.2, 0.25) is 0 Å². The van der Waals surface area contributed by atoms with Crippen molar-refractivity contribution in [2.45, 2.75) is 13.8 Å². The number of nitrogen functional groups attached to an aromatic ring is 2. The predicted octanol–water partition coefficient (Wildman–Crippen LogP) is 2.53. The van der Waals surface area contributed by atoms with Gasteiger partial charge in [0.25, 0.3) is 0 Å². The second kappa shape index (κ2) is 3.57. The van der Waals surface area contributed by atoms with Crippen molar-refractivity contribution in [1.29, 1.82) is 0 Å². The highest BCUT2D eigenvalue weighted by molar-refractivity contribution is 7.40. The van der Waals surface area contributed by atoms with E-state index >= 15 is 0 Å². The van der Waals surface area contributed by atoms with Crippen LogP contribution < -0.4 is 11.5 Å². The average Bonchev–Trinajstić information content (AvgIpc) is 2.66. The van der Waals surface area contributed by atoms with Gasteiger partial charge in [0.1, 0.15) is 0 Å². The Labute approximate surface area is 99.9 Å². The molecule has 4 nitrogen and oxygen atoms in total. The van der Waals surface area contributed by atoms with Crippen molar-refractivity contribution in [3.63, 3.8) is 0 Å². The van der Waals surface area contributed by atoms with Gasteiger partial charge in [0.2, 0.25) is 0 Å². The number of fused-ring (bicyclic) bond motifs is 1. The van der Waals surface area contributed by atoms with E-state index in [1.807, 2.05) is 0 Å². The fourth-order valence-electron chi connectivity index (χ4n) is 1.53. The fourth-order valence-corrected chi connectivity index (χ4v) is 3.93. The number of anilines is 2. The normalized spacial score (nSPS) is 10.9. The quantitative estimate of drug-likeness (QED) is 0.806. The predicted molar refractivity (Wildman–Crippen MR) is 68.5 cm³/mol. The maximum Gasteiger partial charge on any atom is 0.171 e. The summed E-state index contributed by atoms with van der Waals surface area (Å²) in [7, 11) is 0. The van der Waals surface area contributed by atoms with Crippen LogP contribution in [0, 0.1) is 0 Å². The number of ketones is 2. The van der Waals surface area contributed by atoms with Crippen molar-refractivity contribution in [2.24, 2.45) is 0 Å². The number of carbonyl (C=O) groups is 2. The Hall–Kier alpha value is -1.40. The number of nitrogens with two attached hydrogens (primary N) is 2. The molecular weight excluding hydrogens is 244 g/mol. The van der Waals surface area contributed by atoms with E-state index in [0.29, 0.717) is 26.5 Å². The molecule has 0 saturated heterocycles. The van der Waals surface area contributed by atoms with Gasteiger partial charge in [0, 0.05) is 13.8 Å². The van der Waals surface area contributed by atoms with Gasteiger partial charge < -0.3 is 11.5 Å². The maximum absolute atomic E-state index is 11.3. The molecule has 2 heterocycles. The van der Waals surface area contributed by atoms with E-state index in [1.165, 1.54) is 36.5 Å². The smallest absolute Gasteiger partial charge is 0.171 e. The largest absolute Gasteiger partial charge is 0.397 e. The Balaban J connectivity index is 2.79. The zero-order valence-electron chi connectivity index (χ0n) is 8.79. The lowest BCUT2D eigenvalue weighted by molar-refractivity contribution is 0.101. The van der Waals surface area contributed by atoms with Crippen LogP contribution in [0.1, 0.15) is 33.2 Å². The summed E-state index contributed by atoms with van der Waals surface area (Å²) in [6.07, 6.45) is 0. The number of carbonyl (C=O) groups excluding carboxylic acids is 2. The Kier molecular flexibility index (Phi) is 2.47. The highest BCUT2D eigenvalue weighted by Crippen LogP contribution is 2.44. The summed E-state index contributed by atoms with van der Waals surface area (Å²) < 4.78 is 0.838. The minimum atomic E-state index is -0.0744. The fraction of sp³-hybridized carbons (Fsp3) is 0.200. The number of hydrogen-bond acceptors (Lipinski definition) is 6. The molecule has 0 aromatic carbocycles. The van der Waals surface area contributed by atoms with Crippen molar-refractivity contribution >= 4 is 55.0 Å². The lowest BCUT2D eigenvalue weighted by Crippen LogP contribution is -1.97. The Bertz CT molecular complexity index is 560. The van der Waals surface area contributed by atoms with Crippen molar-refractivity contribution in [3.8, 4) is 0 Å². The summed E-state index contributed by atoms with van der Waals surface area (Å²) in [5, 5.41) is 0.658. The number of hydrogen-bond donors (Lipinski definition) is 2. The Morgan fingerprint density at radius 3 is 1.56 bits per heavy atom. The molecule has 16 heavy (non-hydrogen) atoms. The minimum Gasteiger partial charge on any atom is -0.397 e. The molecule has 0 aliphatic rings. The van der Waals surface area contributed by atoms with E-state index in [1.54, 1.807) is 0 Å². The van der Waals surface area contributed by atoms with Gasteiger partial charge in [0.05, 0.1) is 30.5 Å². The zero-order valence-corrected chi connectivity index (χ0v) is 10.4. The second-order valence-electron chi connectivity index (χ2n) is 3.46. The summed E-state index contributed by atoms with van der Waals surface area (Å²) in [4.78, 5) is 23.6. The average molecular weight is 254 g/mol. The van der Waals surface area contributed by atoms with E-state index in [4.69, 9.17) is 11.5 Å². The first kappa shape index (κ1) is 11.1. The molecule has 0 aliphatic heterocycles. The molecule has 2 aromatic heterocycles. The van der Waals surface area contributed by atoms with Crippen LogP contribution in [0.15, 0.2) is 0 Å². The van der Waals surface area contributed by atoms with Crippen molar-refractivity contribution in [1.82, 2.24) is 0 Å². The molecule has 0 fully saturated rings. The van der Waals surface area contributed by atoms with Crippen LogP contribution in [0.25, 0.3) is 9.40 Å². The number of rotatable bonds is 2. The molecular formula is C10H10N2O2S2. The van der Waals surface area contributed by atoms with E-state index in [-0.39, 0.29) is 11.6 Å². The van der Waals surface area contributed by atoms with E-state index in [0.717, 1.165) is 4.01 Å². The first-order valence-electron chi connectivity index (χ1n) is 4.55. The lowest BCUT2D eigenvalue weighted by atomic mass is 10.2. The highest BCUT2D eigenvalue weighted by atomic mass is 32.2. The van der Waals surface area contributed by atoms with Crippen molar-refractivity contribution < 1.29 is 9.59 Å². The molecule has 0 bridgehead atoms. The molecule has 0 saturated carbocycles. The molecule has 2 aromatic rings. The van der Waals surface area contributed by atoms with Crippen LogP contribution in [-0.2, 0) is 0 Å². The van der Waals surface area contributed by atoms with Gasteiger partial charge >= 0.3 is 0 Å². The molecule has 2 rings (SSSR count). The van der Waals surface area contributed by atoms with Gasteiger partial charge in [-0.2, -0.15) is 0 Å². The third-order valence-electron chi connectivity index (χ3n) is 2.26. The molecule has 0 radical (unpaired) electrons. The van der Waals surface area contributed by atoms with E-state index in [2.05, 4.69) is 0 Å². The zero-order chi connectivity index (χ0) is 12.0. The Morgan fingerprint density at radius 2 is 1.31 bits per heavy atom. The standard InChI is InChI=1S/C10H10N2O2S2/c1-3(13)8-6(11)5-7(12)9(4(2)14)16-10(5)15-8/h11-12H2,1-2H3. The Morgan fingerprint density at radius 1 is 0.938 bits per heavy atom. The summed E-state index contributed by atoms with van der Waals surface area (Å²) >= 11 is 2.59. The summed E-state index contributed by atoms with van der Waals surface area (Å²) in [5.41, 5.74) is 12.5. The molecule has 0 unspecified atom stereocenters. The van der Waals surface area contributed by atoms with Crippen LogP contribution >= 0.6 is 22.7 Å². The van der Waals surface area contributed by atoms with Gasteiger partial charge in [0.15, 0.2) is 11.6 Å². The van der Waals surface area contributed by atoms with Gasteiger partial charge in [-0.05, 0) is 0 Å². The maximum atomic E-state index is 11.3. The summed E-state index contributed by atoms with van der Waals surface area (Å²) in [6.45, 7) is 2.93. The highest BCUT2D eigenvalue weighted by Gasteiger charge is 2.21. The minimum absolute atomic E-state index is 0.0744. The molecule has 0 spiro atoms. The molecule has 6 heteroatoms. The molecule has 0 atom stereocenters. The number of thiophene rings is 2. The molecule has 0 amide bonds. The second-order valence-corrected chi connectivity index (χ2v) is 5.76. The van der Waals surface area contributed by atoms with Crippen LogP contribution in [-0.4, -0.2) is 11.6 Å². The van der Waals surface area contributed by atoms with Crippen LogP contribution in [0.5, 0.6) is 0 Å². The number of Topliss-reactive ketones (excluding diaryl/α,β-unsaturated/α-hetero) is 2. The van der Waals surface area contributed by atoms with Crippen LogP contribution in [0.3, 0.4) is 0 Å². The van der Waals surface area contributed by atoms with Gasteiger partial charge in [-0.1, -0.05) is 0 Å². The van der Waals surface area contributed by atoms with E-state index < -0.39 is 0 Å². The third-order valence-corrected chi connectivity index (χ3v) is 4.96. The summed E-state index contributed by atoms with van der Waals surface area (Å²) in [6, 6.07) is 0. The van der Waals surface area contributed by atoms with Gasteiger partial charge in [-0.25, -0.2) is 0 Å². The monoisotopic (exact) mass is 254 g/mol. The first-order valence-corrected chi connectivity index (χ1v) is 6.19. The lowest BCUT2D eigenvalue weighted by Gasteiger charge is -1.96. The van der Waals surface area contributed by atoms with Crippen molar-refractivity contribution in [3.05, 3.63) is 9.75 Å². The van der Waals surface area contributed by atoms with Gasteiger partial charge in [-0.3, -0.25) is 9.59 Å². The first-order chi connectivity index (χ1) is 7.43. The summed E-state index contributed by atoms with van der Waals surface area (Å²) in [5.74, 6) is -0.149. The SMILES string of the molecule is CC(=O)c1sc2sc(C(C)=O)c(N)c2c1N. The van der Waals surface area contributed by atoms with Gasteiger partial charge in [-0.15, -0.1) is 22.7 Å². The molecule has 4 N–H and O–H groups in total.